The number of hydrogen-bond donors (Lipinski definition) is 4. The molecule has 3 atom stereocenters. The molecule has 2 aromatic rings. The number of carbonyl (C=O) groups excluding carboxylic acids is 1. The number of rotatable bonds is 4. The SMILES string of the molecule is O=C(Nc1ccccc1)c1cn([C@H]2CC(O)[C@@H](CO)O2)c(=O)[nH]c1=O. The van der Waals surface area contributed by atoms with Crippen molar-refractivity contribution < 1.29 is 19.7 Å². The summed E-state index contributed by atoms with van der Waals surface area (Å²) in [7, 11) is 0. The van der Waals surface area contributed by atoms with Gasteiger partial charge in [-0.15, -0.1) is 0 Å². The second-order valence-electron chi connectivity index (χ2n) is 5.64. The number of aliphatic hydroxyl groups excluding tert-OH is 2. The number of para-hydroxylation sites is 1. The van der Waals surface area contributed by atoms with E-state index >= 15 is 0 Å². The van der Waals surface area contributed by atoms with Crippen molar-refractivity contribution in [3.8, 4) is 0 Å². The molecule has 1 aliphatic heterocycles. The molecule has 1 saturated heterocycles. The lowest BCUT2D eigenvalue weighted by Crippen LogP contribution is -2.36. The molecule has 25 heavy (non-hydrogen) atoms. The van der Waals surface area contributed by atoms with Crippen LogP contribution in [0.3, 0.4) is 0 Å². The molecular formula is C16H17N3O6. The van der Waals surface area contributed by atoms with Crippen LogP contribution in [0.5, 0.6) is 0 Å². The van der Waals surface area contributed by atoms with E-state index in [1.165, 1.54) is 0 Å². The van der Waals surface area contributed by atoms with Gasteiger partial charge < -0.3 is 20.3 Å². The fourth-order valence-electron chi connectivity index (χ4n) is 2.63. The summed E-state index contributed by atoms with van der Waals surface area (Å²) in [6.07, 6.45) is -1.52. The lowest BCUT2D eigenvalue weighted by atomic mass is 10.2. The topological polar surface area (TPSA) is 134 Å². The number of amides is 1. The summed E-state index contributed by atoms with van der Waals surface area (Å²) in [6, 6.07) is 8.55. The number of ether oxygens (including phenoxy) is 1. The summed E-state index contributed by atoms with van der Waals surface area (Å²) in [5, 5.41) is 21.5. The number of anilines is 1. The number of aromatic nitrogens is 2. The van der Waals surface area contributed by atoms with Gasteiger partial charge in [-0.05, 0) is 12.1 Å². The van der Waals surface area contributed by atoms with Crippen molar-refractivity contribution in [3.05, 3.63) is 62.9 Å². The summed E-state index contributed by atoms with van der Waals surface area (Å²) in [5.41, 5.74) is -1.37. The lowest BCUT2D eigenvalue weighted by molar-refractivity contribution is -0.0459. The molecule has 3 rings (SSSR count). The van der Waals surface area contributed by atoms with Crippen molar-refractivity contribution in [2.24, 2.45) is 0 Å². The van der Waals surface area contributed by atoms with E-state index in [1.807, 2.05) is 0 Å². The van der Waals surface area contributed by atoms with E-state index in [2.05, 4.69) is 10.3 Å². The Hall–Kier alpha value is -2.75. The van der Waals surface area contributed by atoms with Gasteiger partial charge in [0.2, 0.25) is 0 Å². The van der Waals surface area contributed by atoms with E-state index in [9.17, 15) is 19.5 Å². The first kappa shape index (κ1) is 17.1. The minimum absolute atomic E-state index is 0.0525. The third kappa shape index (κ3) is 3.53. The second kappa shape index (κ2) is 7.01. The Morgan fingerprint density at radius 2 is 2.04 bits per heavy atom. The monoisotopic (exact) mass is 347 g/mol. The molecule has 132 valence electrons. The first-order valence-corrected chi connectivity index (χ1v) is 7.66. The zero-order valence-corrected chi connectivity index (χ0v) is 13.1. The van der Waals surface area contributed by atoms with E-state index < -0.39 is 42.2 Å². The Kier molecular flexibility index (Phi) is 4.79. The first-order valence-electron chi connectivity index (χ1n) is 7.66. The van der Waals surface area contributed by atoms with Gasteiger partial charge in [0.25, 0.3) is 11.5 Å². The number of nitrogens with zero attached hydrogens (tertiary/aromatic N) is 1. The van der Waals surface area contributed by atoms with Crippen molar-refractivity contribution in [1.29, 1.82) is 0 Å². The van der Waals surface area contributed by atoms with Crippen LogP contribution in [0.25, 0.3) is 0 Å². The molecule has 9 heteroatoms. The van der Waals surface area contributed by atoms with E-state index in [-0.39, 0.29) is 12.0 Å². The highest BCUT2D eigenvalue weighted by Gasteiger charge is 2.35. The molecule has 0 aliphatic carbocycles. The van der Waals surface area contributed by atoms with Gasteiger partial charge in [-0.25, -0.2) is 4.79 Å². The number of aromatic amines is 1. The van der Waals surface area contributed by atoms with Gasteiger partial charge >= 0.3 is 5.69 Å². The average Bonchev–Trinajstić information content (AvgIpc) is 2.96. The number of benzene rings is 1. The Labute approximate surface area is 141 Å². The van der Waals surface area contributed by atoms with Gasteiger partial charge in [-0.2, -0.15) is 0 Å². The Morgan fingerprint density at radius 3 is 2.68 bits per heavy atom. The predicted molar refractivity (Wildman–Crippen MR) is 87.3 cm³/mol. The van der Waals surface area contributed by atoms with Crippen LogP contribution in [-0.2, 0) is 4.74 Å². The minimum Gasteiger partial charge on any atom is -0.394 e. The minimum atomic E-state index is -0.949. The molecule has 1 fully saturated rings. The smallest absolute Gasteiger partial charge is 0.330 e. The Balaban J connectivity index is 1.90. The molecule has 1 aromatic carbocycles. The van der Waals surface area contributed by atoms with Crippen LogP contribution in [0.1, 0.15) is 23.0 Å². The van der Waals surface area contributed by atoms with Crippen LogP contribution < -0.4 is 16.6 Å². The molecular weight excluding hydrogens is 330 g/mol. The normalized spacial score (nSPS) is 22.7. The molecule has 9 nitrogen and oxygen atoms in total. The molecule has 0 spiro atoms. The number of aliphatic hydroxyl groups is 2. The molecule has 1 unspecified atom stereocenters. The number of nitrogens with one attached hydrogen (secondary N) is 2. The largest absolute Gasteiger partial charge is 0.394 e. The van der Waals surface area contributed by atoms with Gasteiger partial charge in [-0.3, -0.25) is 19.1 Å². The van der Waals surface area contributed by atoms with E-state index in [1.54, 1.807) is 30.3 Å². The summed E-state index contributed by atoms with van der Waals surface area (Å²) >= 11 is 0. The summed E-state index contributed by atoms with van der Waals surface area (Å²) < 4.78 is 6.42. The van der Waals surface area contributed by atoms with Crippen molar-refractivity contribution >= 4 is 11.6 Å². The molecule has 4 N–H and O–H groups in total. The fourth-order valence-corrected chi connectivity index (χ4v) is 2.63. The van der Waals surface area contributed by atoms with Crippen LogP contribution in [0.2, 0.25) is 0 Å². The summed E-state index contributed by atoms with van der Waals surface area (Å²) in [5.74, 6) is -0.682. The molecule has 2 heterocycles. The third-order valence-corrected chi connectivity index (χ3v) is 3.94. The molecule has 1 amide bonds. The van der Waals surface area contributed by atoms with Crippen molar-refractivity contribution in [1.82, 2.24) is 9.55 Å². The molecule has 0 radical (unpaired) electrons. The Bertz CT molecular complexity index is 875. The maximum absolute atomic E-state index is 12.3. The Morgan fingerprint density at radius 1 is 1.32 bits per heavy atom. The summed E-state index contributed by atoms with van der Waals surface area (Å²) in [6.45, 7) is -0.406. The van der Waals surface area contributed by atoms with Gasteiger partial charge in [-0.1, -0.05) is 18.2 Å². The van der Waals surface area contributed by atoms with Gasteiger partial charge in [0.15, 0.2) is 0 Å². The van der Waals surface area contributed by atoms with Crippen LogP contribution in [-0.4, -0.2) is 44.5 Å². The average molecular weight is 347 g/mol. The number of carbonyl (C=O) groups is 1. The van der Waals surface area contributed by atoms with Gasteiger partial charge in [0, 0.05) is 18.3 Å². The molecule has 0 bridgehead atoms. The van der Waals surface area contributed by atoms with E-state index in [0.29, 0.717) is 5.69 Å². The highest BCUT2D eigenvalue weighted by Crippen LogP contribution is 2.27. The van der Waals surface area contributed by atoms with Crippen molar-refractivity contribution in [3.63, 3.8) is 0 Å². The quantitative estimate of drug-likeness (QED) is 0.585. The van der Waals surface area contributed by atoms with Crippen LogP contribution in [0.4, 0.5) is 5.69 Å². The molecule has 1 aromatic heterocycles. The fraction of sp³-hybridized carbons (Fsp3) is 0.312. The maximum Gasteiger partial charge on any atom is 0.330 e. The van der Waals surface area contributed by atoms with E-state index in [0.717, 1.165) is 10.8 Å². The van der Waals surface area contributed by atoms with Gasteiger partial charge in [0.05, 0.1) is 12.7 Å². The van der Waals surface area contributed by atoms with Gasteiger partial charge in [0.1, 0.15) is 17.9 Å². The van der Waals surface area contributed by atoms with E-state index in [4.69, 9.17) is 9.84 Å². The van der Waals surface area contributed by atoms with Crippen LogP contribution in [0.15, 0.2) is 46.1 Å². The second-order valence-corrected chi connectivity index (χ2v) is 5.64. The van der Waals surface area contributed by atoms with Crippen molar-refractivity contribution in [2.45, 2.75) is 24.9 Å². The number of H-pyrrole nitrogens is 1. The van der Waals surface area contributed by atoms with Crippen molar-refractivity contribution in [2.75, 3.05) is 11.9 Å². The first-order chi connectivity index (χ1) is 12.0. The third-order valence-electron chi connectivity index (χ3n) is 3.94. The number of hydrogen-bond acceptors (Lipinski definition) is 6. The summed E-state index contributed by atoms with van der Waals surface area (Å²) in [4.78, 5) is 38.4. The van der Waals surface area contributed by atoms with Crippen LogP contribution >= 0.6 is 0 Å². The molecule has 0 saturated carbocycles. The predicted octanol–water partition coefficient (Wildman–Crippen LogP) is -0.570. The standard InChI is InChI=1S/C16H17N3O6/c20-8-12-11(21)6-13(25-12)19-7-10(15(23)18-16(19)24)14(22)17-9-4-2-1-3-5-9/h1-5,7,11-13,20-21H,6,8H2,(H,17,22)(H,18,23,24)/t11?,12-,13-/m1/s1. The highest BCUT2D eigenvalue weighted by molar-refractivity contribution is 6.03. The highest BCUT2D eigenvalue weighted by atomic mass is 16.5. The zero-order valence-electron chi connectivity index (χ0n) is 13.1. The zero-order chi connectivity index (χ0) is 18.0. The molecule has 1 aliphatic rings. The van der Waals surface area contributed by atoms with Crippen LogP contribution in [0, 0.1) is 0 Å². The lowest BCUT2D eigenvalue weighted by Gasteiger charge is -2.15. The maximum atomic E-state index is 12.3.